The van der Waals surface area contributed by atoms with Gasteiger partial charge in [-0.3, -0.25) is 9.59 Å². The van der Waals surface area contributed by atoms with Crippen LogP contribution in [0.15, 0.2) is 59.6 Å². The number of amides is 2. The topological polar surface area (TPSA) is 88.0 Å². The fraction of sp³-hybridized carbons (Fsp3) is 0.200. The van der Waals surface area contributed by atoms with Crippen LogP contribution in [0.25, 0.3) is 10.9 Å². The summed E-state index contributed by atoms with van der Waals surface area (Å²) in [6.07, 6.45) is 4.06. The minimum Gasteiger partial charge on any atom is -0.369 e. The van der Waals surface area contributed by atoms with Crippen molar-refractivity contribution in [3.05, 3.63) is 60.3 Å². The van der Waals surface area contributed by atoms with Gasteiger partial charge >= 0.3 is 0 Å². The zero-order valence-corrected chi connectivity index (χ0v) is 15.1. The van der Waals surface area contributed by atoms with E-state index < -0.39 is 0 Å². The van der Waals surface area contributed by atoms with Gasteiger partial charge in [0.1, 0.15) is 0 Å². The summed E-state index contributed by atoms with van der Waals surface area (Å²) >= 11 is 1.33. The number of aromatic nitrogens is 1. The summed E-state index contributed by atoms with van der Waals surface area (Å²) in [6, 6.07) is 15.6. The molecule has 134 valence electrons. The maximum Gasteiger partial charge on any atom is 0.227 e. The highest BCUT2D eigenvalue weighted by molar-refractivity contribution is 8.00. The second-order valence-electron chi connectivity index (χ2n) is 6.01. The maximum atomic E-state index is 12.3. The van der Waals surface area contributed by atoms with E-state index in [4.69, 9.17) is 5.73 Å². The number of rotatable bonds is 8. The molecule has 0 saturated carbocycles. The van der Waals surface area contributed by atoms with Gasteiger partial charge in [0.05, 0.1) is 11.4 Å². The average molecular weight is 367 g/mol. The number of nitrogens with two attached hydrogens (primary N) is 1. The van der Waals surface area contributed by atoms with Crippen LogP contribution in [-0.2, 0) is 16.0 Å². The molecule has 6 heteroatoms. The fourth-order valence-corrected chi connectivity index (χ4v) is 3.58. The summed E-state index contributed by atoms with van der Waals surface area (Å²) in [5.74, 6) is -0.222. The van der Waals surface area contributed by atoms with Crippen LogP contribution in [0.1, 0.15) is 18.4 Å². The molecule has 5 nitrogen and oxygen atoms in total. The second-order valence-corrected chi connectivity index (χ2v) is 7.03. The number of H-pyrrole nitrogens is 1. The lowest BCUT2D eigenvalue weighted by atomic mass is 10.1. The summed E-state index contributed by atoms with van der Waals surface area (Å²) < 4.78 is 0. The Bertz CT molecular complexity index is 920. The van der Waals surface area contributed by atoms with E-state index in [1.165, 1.54) is 22.7 Å². The summed E-state index contributed by atoms with van der Waals surface area (Å²) in [4.78, 5) is 27.3. The van der Waals surface area contributed by atoms with Gasteiger partial charge in [0, 0.05) is 28.4 Å². The molecular formula is C20H21N3O2S. The Morgan fingerprint density at radius 2 is 1.85 bits per heavy atom. The SMILES string of the molecule is NC(=O)CSc1ccccc1NC(=O)CCCc1c[nH]c2ccccc12. The molecule has 1 aromatic heterocycles. The predicted octanol–water partition coefficient (Wildman–Crippen LogP) is 3.71. The number of anilines is 1. The summed E-state index contributed by atoms with van der Waals surface area (Å²) in [5.41, 5.74) is 8.26. The molecule has 0 fully saturated rings. The van der Waals surface area contributed by atoms with Gasteiger partial charge in [-0.2, -0.15) is 0 Å². The van der Waals surface area contributed by atoms with Gasteiger partial charge in [0.2, 0.25) is 11.8 Å². The van der Waals surface area contributed by atoms with Gasteiger partial charge in [-0.25, -0.2) is 0 Å². The van der Waals surface area contributed by atoms with Crippen molar-refractivity contribution in [3.8, 4) is 0 Å². The monoisotopic (exact) mass is 367 g/mol. The number of thioether (sulfide) groups is 1. The van der Waals surface area contributed by atoms with E-state index in [2.05, 4.69) is 16.4 Å². The number of carbonyl (C=O) groups is 2. The number of aryl methyl sites for hydroxylation is 1. The number of primary amides is 1. The molecule has 0 spiro atoms. The first kappa shape index (κ1) is 18.1. The molecule has 0 saturated heterocycles. The van der Waals surface area contributed by atoms with Gasteiger partial charge in [-0.1, -0.05) is 30.3 Å². The van der Waals surface area contributed by atoms with E-state index >= 15 is 0 Å². The van der Waals surface area contributed by atoms with Crippen LogP contribution in [0.2, 0.25) is 0 Å². The number of hydrogen-bond donors (Lipinski definition) is 3. The first-order chi connectivity index (χ1) is 12.6. The smallest absolute Gasteiger partial charge is 0.227 e. The molecule has 3 aromatic rings. The van der Waals surface area contributed by atoms with Crippen molar-refractivity contribution in [2.75, 3.05) is 11.1 Å². The first-order valence-corrected chi connectivity index (χ1v) is 9.47. The van der Waals surface area contributed by atoms with Gasteiger partial charge in [-0.05, 0) is 36.6 Å². The second kappa shape index (κ2) is 8.58. The lowest BCUT2D eigenvalue weighted by molar-refractivity contribution is -0.116. The van der Waals surface area contributed by atoms with Crippen molar-refractivity contribution in [1.82, 2.24) is 4.98 Å². The summed E-state index contributed by atoms with van der Waals surface area (Å²) in [7, 11) is 0. The molecule has 1 heterocycles. The molecule has 3 rings (SSSR count). The summed E-state index contributed by atoms with van der Waals surface area (Å²) in [5, 5.41) is 4.14. The van der Waals surface area contributed by atoms with E-state index in [0.717, 1.165) is 28.9 Å². The van der Waals surface area contributed by atoms with Crippen molar-refractivity contribution < 1.29 is 9.59 Å². The van der Waals surface area contributed by atoms with Crippen molar-refractivity contribution in [2.24, 2.45) is 5.73 Å². The number of fused-ring (bicyclic) bond motifs is 1. The predicted molar refractivity (Wildman–Crippen MR) is 106 cm³/mol. The minimum atomic E-state index is -0.380. The fourth-order valence-electron chi connectivity index (χ4n) is 2.84. The maximum absolute atomic E-state index is 12.3. The third-order valence-electron chi connectivity index (χ3n) is 4.06. The third-order valence-corrected chi connectivity index (χ3v) is 5.15. The van der Waals surface area contributed by atoms with Gasteiger partial charge in [-0.15, -0.1) is 11.8 Å². The van der Waals surface area contributed by atoms with Crippen LogP contribution in [0.3, 0.4) is 0 Å². The third kappa shape index (κ3) is 4.67. The number of carbonyl (C=O) groups excluding carboxylic acids is 2. The molecule has 4 N–H and O–H groups in total. The van der Waals surface area contributed by atoms with E-state index in [-0.39, 0.29) is 17.6 Å². The van der Waals surface area contributed by atoms with Crippen LogP contribution in [0.5, 0.6) is 0 Å². The van der Waals surface area contributed by atoms with Gasteiger partial charge in [0.15, 0.2) is 0 Å². The number of hydrogen-bond acceptors (Lipinski definition) is 3. The molecule has 0 atom stereocenters. The number of aromatic amines is 1. The zero-order valence-electron chi connectivity index (χ0n) is 14.3. The van der Waals surface area contributed by atoms with Crippen molar-refractivity contribution in [3.63, 3.8) is 0 Å². The zero-order chi connectivity index (χ0) is 18.4. The minimum absolute atomic E-state index is 0.0306. The molecule has 0 radical (unpaired) electrons. The van der Waals surface area contributed by atoms with Gasteiger partial charge in [0.25, 0.3) is 0 Å². The average Bonchev–Trinajstić information content (AvgIpc) is 3.04. The van der Waals surface area contributed by atoms with E-state index in [1.807, 2.05) is 48.7 Å². The number of benzene rings is 2. The van der Waals surface area contributed by atoms with Crippen molar-refractivity contribution in [1.29, 1.82) is 0 Å². The van der Waals surface area contributed by atoms with Crippen LogP contribution in [0, 0.1) is 0 Å². The van der Waals surface area contributed by atoms with E-state index in [1.54, 1.807) is 0 Å². The van der Waals surface area contributed by atoms with Crippen molar-refractivity contribution in [2.45, 2.75) is 24.2 Å². The molecule has 0 aliphatic heterocycles. The Hall–Kier alpha value is -2.73. The Morgan fingerprint density at radius 3 is 2.69 bits per heavy atom. The molecule has 0 aliphatic carbocycles. The summed E-state index contributed by atoms with van der Waals surface area (Å²) in [6.45, 7) is 0. The van der Waals surface area contributed by atoms with Crippen LogP contribution in [-0.4, -0.2) is 22.6 Å². The lowest BCUT2D eigenvalue weighted by Gasteiger charge is -2.10. The standard InChI is InChI=1S/C20H21N3O2S/c21-19(24)13-26-18-10-4-3-9-17(18)23-20(25)11-5-6-14-12-22-16-8-2-1-7-15(14)16/h1-4,7-10,12,22H,5-6,11,13H2,(H2,21,24)(H,23,25). The Kier molecular flexibility index (Phi) is 5.96. The quantitative estimate of drug-likeness (QED) is 0.530. The normalized spacial score (nSPS) is 10.8. The van der Waals surface area contributed by atoms with Crippen LogP contribution < -0.4 is 11.1 Å². The lowest BCUT2D eigenvalue weighted by Crippen LogP contribution is -2.14. The highest BCUT2D eigenvalue weighted by atomic mass is 32.2. The Morgan fingerprint density at radius 1 is 1.08 bits per heavy atom. The van der Waals surface area contributed by atoms with Crippen molar-refractivity contribution >= 4 is 40.2 Å². The Labute approximate surface area is 156 Å². The molecule has 0 unspecified atom stereocenters. The Balaban J connectivity index is 1.54. The first-order valence-electron chi connectivity index (χ1n) is 8.48. The highest BCUT2D eigenvalue weighted by Gasteiger charge is 2.09. The molecule has 0 bridgehead atoms. The van der Waals surface area contributed by atoms with E-state index in [9.17, 15) is 9.59 Å². The number of para-hydroxylation sites is 2. The molecule has 26 heavy (non-hydrogen) atoms. The molecular weight excluding hydrogens is 346 g/mol. The molecule has 2 amide bonds. The van der Waals surface area contributed by atoms with Crippen LogP contribution in [0.4, 0.5) is 5.69 Å². The molecule has 0 aliphatic rings. The molecule has 2 aromatic carbocycles. The highest BCUT2D eigenvalue weighted by Crippen LogP contribution is 2.27. The van der Waals surface area contributed by atoms with Crippen LogP contribution >= 0.6 is 11.8 Å². The van der Waals surface area contributed by atoms with E-state index in [0.29, 0.717) is 6.42 Å². The largest absolute Gasteiger partial charge is 0.369 e. The van der Waals surface area contributed by atoms with Gasteiger partial charge < -0.3 is 16.0 Å². The number of nitrogens with one attached hydrogen (secondary N) is 2.